The maximum Gasteiger partial charge on any atom is 0.311 e. The van der Waals surface area contributed by atoms with Gasteiger partial charge in [0, 0.05) is 12.8 Å². The van der Waals surface area contributed by atoms with Crippen LogP contribution in [0.25, 0.3) is 10.3 Å². The van der Waals surface area contributed by atoms with E-state index >= 15 is 0 Å². The number of thiazole rings is 1. The molecule has 4 rings (SSSR count). The molecule has 0 aromatic carbocycles. The van der Waals surface area contributed by atoms with E-state index in [1.807, 2.05) is 0 Å². The van der Waals surface area contributed by atoms with Crippen molar-refractivity contribution in [2.75, 3.05) is 5.73 Å². The van der Waals surface area contributed by atoms with E-state index in [1.54, 1.807) is 0 Å². The second kappa shape index (κ2) is 7.13. The average molecular weight is 408 g/mol. The van der Waals surface area contributed by atoms with Crippen molar-refractivity contribution in [1.82, 2.24) is 14.5 Å². The van der Waals surface area contributed by atoms with Crippen LogP contribution in [0.2, 0.25) is 0 Å². The van der Waals surface area contributed by atoms with E-state index in [2.05, 4.69) is 9.97 Å². The zero-order chi connectivity index (χ0) is 20.0. The van der Waals surface area contributed by atoms with Gasteiger partial charge in [-0.1, -0.05) is 11.3 Å². The number of fused-ring (bicyclic) bond motifs is 1. The molecule has 0 amide bonds. The number of nitrogens with zero attached hydrogens (tertiary/aromatic N) is 3. The number of ether oxygens (including phenoxy) is 2. The Bertz CT molecular complexity index is 984. The highest BCUT2D eigenvalue weighted by molar-refractivity contribution is 7.16. The first kappa shape index (κ1) is 18.8. The number of esters is 1. The molecule has 0 radical (unpaired) electrons. The summed E-state index contributed by atoms with van der Waals surface area (Å²) in [7, 11) is 0. The van der Waals surface area contributed by atoms with Crippen LogP contribution in [-0.2, 0) is 19.1 Å². The number of carbonyl (C=O) groups is 2. The maximum atomic E-state index is 12.6. The summed E-state index contributed by atoms with van der Waals surface area (Å²) >= 11 is 0.948. The van der Waals surface area contributed by atoms with Gasteiger partial charge in [-0.25, -0.2) is 4.98 Å². The third-order valence-electron chi connectivity index (χ3n) is 5.08. The van der Waals surface area contributed by atoms with Gasteiger partial charge < -0.3 is 20.3 Å². The number of nitrogen functional groups attached to an aromatic ring is 1. The molecule has 1 saturated heterocycles. The molecule has 2 fully saturated rings. The number of rotatable bonds is 6. The van der Waals surface area contributed by atoms with E-state index in [4.69, 9.17) is 15.2 Å². The van der Waals surface area contributed by atoms with E-state index in [0.29, 0.717) is 16.8 Å². The Morgan fingerprint density at radius 2 is 2.25 bits per heavy atom. The predicted octanol–water partition coefficient (Wildman–Crippen LogP) is 1.16. The molecule has 28 heavy (non-hydrogen) atoms. The number of carboxylic acid groups (broad SMARTS) is 1. The quantitative estimate of drug-likeness (QED) is 0.672. The first-order valence-corrected chi connectivity index (χ1v) is 9.83. The average Bonchev–Trinajstić information content (AvgIpc) is 3.29. The standard InChI is InChI=1S/C17H20N4O6S/c1-7(22)26-13(8-2-3-8)10-4-9(5-12(23)24)15(27-10)21-14-11(28-17(21)25)6-19-16(18)20-14/h6,8-10,13,15H,2-5H2,1H3,(H,23,24)(H2,18,19,20)/t9-,10+,13?,15-/m1/s1. The van der Waals surface area contributed by atoms with Crippen LogP contribution in [-0.4, -0.2) is 43.8 Å². The smallest absolute Gasteiger partial charge is 0.311 e. The van der Waals surface area contributed by atoms with Gasteiger partial charge in [-0.3, -0.25) is 19.0 Å². The molecular formula is C17H20N4O6S. The number of anilines is 1. The molecule has 1 saturated carbocycles. The second-order valence-corrected chi connectivity index (χ2v) is 8.22. The van der Waals surface area contributed by atoms with E-state index < -0.39 is 36.3 Å². The van der Waals surface area contributed by atoms with Crippen molar-refractivity contribution in [3.63, 3.8) is 0 Å². The number of aromatic nitrogens is 3. The lowest BCUT2D eigenvalue weighted by molar-refractivity contribution is -0.158. The fourth-order valence-electron chi connectivity index (χ4n) is 3.82. The van der Waals surface area contributed by atoms with Crippen LogP contribution >= 0.6 is 11.3 Å². The topological polar surface area (TPSA) is 147 Å². The monoisotopic (exact) mass is 408 g/mol. The van der Waals surface area contributed by atoms with Gasteiger partial charge in [-0.05, 0) is 25.2 Å². The highest BCUT2D eigenvalue weighted by Crippen LogP contribution is 2.45. The summed E-state index contributed by atoms with van der Waals surface area (Å²) in [5.41, 5.74) is 5.99. The Balaban J connectivity index is 1.71. The van der Waals surface area contributed by atoms with E-state index in [9.17, 15) is 19.5 Å². The van der Waals surface area contributed by atoms with Gasteiger partial charge >= 0.3 is 16.8 Å². The van der Waals surface area contributed by atoms with E-state index in [0.717, 1.165) is 24.2 Å². The molecule has 1 aliphatic heterocycles. The van der Waals surface area contributed by atoms with Crippen molar-refractivity contribution < 1.29 is 24.2 Å². The van der Waals surface area contributed by atoms with Gasteiger partial charge in [-0.15, -0.1) is 0 Å². The van der Waals surface area contributed by atoms with Crippen LogP contribution in [0.1, 0.15) is 38.8 Å². The van der Waals surface area contributed by atoms with Crippen LogP contribution in [0.4, 0.5) is 5.95 Å². The van der Waals surface area contributed by atoms with Gasteiger partial charge in [0.2, 0.25) is 5.95 Å². The molecule has 0 spiro atoms. The Morgan fingerprint density at radius 1 is 1.50 bits per heavy atom. The van der Waals surface area contributed by atoms with Crippen molar-refractivity contribution in [3.8, 4) is 0 Å². The van der Waals surface area contributed by atoms with Gasteiger partial charge in [-0.2, -0.15) is 4.98 Å². The van der Waals surface area contributed by atoms with Gasteiger partial charge in [0.15, 0.2) is 5.65 Å². The lowest BCUT2D eigenvalue weighted by Crippen LogP contribution is -2.33. The molecule has 1 unspecified atom stereocenters. The zero-order valence-electron chi connectivity index (χ0n) is 15.1. The number of nitrogens with two attached hydrogens (primary N) is 1. The Labute approximate surface area is 163 Å². The SMILES string of the molecule is CC(=O)OC(C1CC1)[C@@H]1C[C@H](CC(=O)O)[C@H](n2c(=O)sc3cnc(N)nc32)O1. The second-order valence-electron chi connectivity index (χ2n) is 7.22. The van der Waals surface area contributed by atoms with E-state index in [-0.39, 0.29) is 23.2 Å². The predicted molar refractivity (Wildman–Crippen MR) is 98.6 cm³/mol. The summed E-state index contributed by atoms with van der Waals surface area (Å²) in [6.07, 6.45) is 1.76. The minimum absolute atomic E-state index is 0.0131. The lowest BCUT2D eigenvalue weighted by Gasteiger charge is -2.23. The molecule has 3 N–H and O–H groups in total. The molecule has 1 aliphatic carbocycles. The number of hydrogen-bond donors (Lipinski definition) is 2. The summed E-state index contributed by atoms with van der Waals surface area (Å²) in [4.78, 5) is 43.3. The summed E-state index contributed by atoms with van der Waals surface area (Å²) in [5, 5.41) is 9.34. The number of aliphatic carboxylic acids is 1. The first-order valence-electron chi connectivity index (χ1n) is 9.01. The third kappa shape index (κ3) is 3.59. The summed E-state index contributed by atoms with van der Waals surface area (Å²) in [5.74, 6) is -1.65. The molecule has 150 valence electrons. The minimum Gasteiger partial charge on any atom is -0.481 e. The Kier molecular flexibility index (Phi) is 4.79. The number of carbonyl (C=O) groups excluding carboxylic acids is 1. The number of carboxylic acids is 1. The lowest BCUT2D eigenvalue weighted by atomic mass is 9.95. The van der Waals surface area contributed by atoms with Crippen molar-refractivity contribution in [1.29, 1.82) is 0 Å². The summed E-state index contributed by atoms with van der Waals surface area (Å²) in [6.45, 7) is 1.34. The molecule has 2 aromatic heterocycles. The van der Waals surface area contributed by atoms with Gasteiger partial charge in [0.25, 0.3) is 0 Å². The highest BCUT2D eigenvalue weighted by Gasteiger charge is 2.48. The van der Waals surface area contributed by atoms with E-state index in [1.165, 1.54) is 17.7 Å². The molecule has 2 aliphatic rings. The third-order valence-corrected chi connectivity index (χ3v) is 5.96. The van der Waals surface area contributed by atoms with Crippen LogP contribution in [0.3, 0.4) is 0 Å². The van der Waals surface area contributed by atoms with Crippen LogP contribution in [0.5, 0.6) is 0 Å². The number of hydrogen-bond acceptors (Lipinski definition) is 9. The summed E-state index contributed by atoms with van der Waals surface area (Å²) in [6, 6.07) is 0. The van der Waals surface area contributed by atoms with Crippen LogP contribution < -0.4 is 10.6 Å². The largest absolute Gasteiger partial charge is 0.481 e. The molecule has 11 heteroatoms. The van der Waals surface area contributed by atoms with Crippen molar-refractivity contribution >= 4 is 39.6 Å². The first-order chi connectivity index (χ1) is 13.3. The van der Waals surface area contributed by atoms with Crippen molar-refractivity contribution in [2.24, 2.45) is 11.8 Å². The molecule has 2 aromatic rings. The Hall–Kier alpha value is -2.53. The summed E-state index contributed by atoms with van der Waals surface area (Å²) < 4.78 is 13.5. The Morgan fingerprint density at radius 3 is 2.89 bits per heavy atom. The molecule has 4 atom stereocenters. The molecular weight excluding hydrogens is 388 g/mol. The van der Waals surface area contributed by atoms with Gasteiger partial charge in [0.1, 0.15) is 12.3 Å². The highest BCUT2D eigenvalue weighted by atomic mass is 32.1. The zero-order valence-corrected chi connectivity index (χ0v) is 15.9. The van der Waals surface area contributed by atoms with Crippen molar-refractivity contribution in [3.05, 3.63) is 15.9 Å². The van der Waals surface area contributed by atoms with Crippen LogP contribution in [0, 0.1) is 11.8 Å². The van der Waals surface area contributed by atoms with Crippen LogP contribution in [0.15, 0.2) is 11.0 Å². The fraction of sp³-hybridized carbons (Fsp3) is 0.588. The maximum absolute atomic E-state index is 12.6. The van der Waals surface area contributed by atoms with Gasteiger partial charge in [0.05, 0.1) is 23.4 Å². The minimum atomic E-state index is -0.989. The molecule has 0 bridgehead atoms. The van der Waals surface area contributed by atoms with Crippen molar-refractivity contribution in [2.45, 2.75) is 51.0 Å². The molecule has 3 heterocycles. The fourth-order valence-corrected chi connectivity index (χ4v) is 4.64. The normalized spacial score (nSPS) is 25.7. The molecule has 10 nitrogen and oxygen atoms in total.